The molecule has 0 radical (unpaired) electrons. The number of anilines is 3. The molecule has 1 unspecified atom stereocenters. The van der Waals surface area contributed by atoms with Crippen LogP contribution in [0.2, 0.25) is 0 Å². The van der Waals surface area contributed by atoms with Gasteiger partial charge in [0.25, 0.3) is 5.91 Å². The summed E-state index contributed by atoms with van der Waals surface area (Å²) in [6, 6.07) is 23.6. The molecule has 0 aliphatic carbocycles. The number of amides is 3. The van der Waals surface area contributed by atoms with Gasteiger partial charge in [0, 0.05) is 29.0 Å². The molecule has 7 heteroatoms. The molecule has 0 aliphatic heterocycles. The topological polar surface area (TPSA) is 99.3 Å². The van der Waals surface area contributed by atoms with Gasteiger partial charge in [-0.25, -0.2) is 0 Å². The maximum atomic E-state index is 12.6. The number of hydrogen-bond acceptors (Lipinski definition) is 4. The highest BCUT2D eigenvalue weighted by Crippen LogP contribution is 2.17. The Morgan fingerprint density at radius 3 is 2.09 bits per heavy atom. The smallest absolute Gasteiger partial charge is 0.251 e. The average Bonchev–Trinajstić information content (AvgIpc) is 2.83. The minimum Gasteiger partial charge on any atom is -0.376 e. The first-order valence-corrected chi connectivity index (χ1v) is 10.8. The highest BCUT2D eigenvalue weighted by molar-refractivity contribution is 5.97. The number of carbonyl (C=O) groups is 3. The second-order valence-corrected chi connectivity index (χ2v) is 7.57. The van der Waals surface area contributed by atoms with Crippen molar-refractivity contribution in [2.75, 3.05) is 22.5 Å². The Bertz CT molecular complexity index is 1120. The van der Waals surface area contributed by atoms with Crippen LogP contribution < -0.4 is 21.3 Å². The zero-order valence-corrected chi connectivity index (χ0v) is 18.7. The monoisotopic (exact) mass is 444 g/mol. The Morgan fingerprint density at radius 2 is 1.39 bits per heavy atom. The molecular formula is C26H28N4O3. The van der Waals surface area contributed by atoms with Crippen molar-refractivity contribution in [1.29, 1.82) is 0 Å². The van der Waals surface area contributed by atoms with E-state index in [2.05, 4.69) is 21.3 Å². The summed E-state index contributed by atoms with van der Waals surface area (Å²) in [5, 5.41) is 11.6. The quantitative estimate of drug-likeness (QED) is 0.388. The van der Waals surface area contributed by atoms with Crippen molar-refractivity contribution in [2.45, 2.75) is 26.3 Å². The first-order chi connectivity index (χ1) is 15.9. The summed E-state index contributed by atoms with van der Waals surface area (Å²) in [6.45, 7) is 3.73. The number of rotatable bonds is 9. The van der Waals surface area contributed by atoms with Gasteiger partial charge < -0.3 is 21.3 Å². The molecule has 3 rings (SSSR count). The number of benzene rings is 3. The minimum atomic E-state index is -0.249. The molecule has 7 nitrogen and oxygen atoms in total. The van der Waals surface area contributed by atoms with E-state index in [4.69, 9.17) is 0 Å². The van der Waals surface area contributed by atoms with E-state index in [9.17, 15) is 14.4 Å². The van der Waals surface area contributed by atoms with E-state index in [1.807, 2.05) is 37.3 Å². The molecule has 3 aromatic rings. The molecule has 0 heterocycles. The Labute approximate surface area is 193 Å². The highest BCUT2D eigenvalue weighted by Gasteiger charge is 2.12. The summed E-state index contributed by atoms with van der Waals surface area (Å²) < 4.78 is 0. The molecule has 33 heavy (non-hydrogen) atoms. The van der Waals surface area contributed by atoms with E-state index in [0.29, 0.717) is 29.0 Å². The van der Waals surface area contributed by atoms with Gasteiger partial charge >= 0.3 is 0 Å². The van der Waals surface area contributed by atoms with E-state index in [1.54, 1.807) is 55.5 Å². The molecule has 3 amide bonds. The molecule has 0 aliphatic rings. The Balaban J connectivity index is 1.54. The molecule has 170 valence electrons. The summed E-state index contributed by atoms with van der Waals surface area (Å²) in [6.07, 6.45) is 0.378. The predicted octanol–water partition coefficient (Wildman–Crippen LogP) is 4.58. The van der Waals surface area contributed by atoms with Crippen LogP contribution in [0.5, 0.6) is 0 Å². The van der Waals surface area contributed by atoms with E-state index in [-0.39, 0.29) is 30.3 Å². The van der Waals surface area contributed by atoms with E-state index in [1.165, 1.54) is 0 Å². The lowest BCUT2D eigenvalue weighted by molar-refractivity contribution is -0.116. The number of hydrogen-bond donors (Lipinski definition) is 4. The Kier molecular flexibility index (Phi) is 8.18. The van der Waals surface area contributed by atoms with Crippen molar-refractivity contribution in [2.24, 2.45) is 0 Å². The average molecular weight is 445 g/mol. The third-order valence-electron chi connectivity index (χ3n) is 4.98. The van der Waals surface area contributed by atoms with Gasteiger partial charge in [-0.15, -0.1) is 0 Å². The number of nitrogens with one attached hydrogen (secondary N) is 4. The summed E-state index contributed by atoms with van der Waals surface area (Å²) in [5.74, 6) is -0.533. The van der Waals surface area contributed by atoms with Crippen molar-refractivity contribution in [3.05, 3.63) is 90.0 Å². The molecule has 3 aromatic carbocycles. The fourth-order valence-electron chi connectivity index (χ4n) is 3.19. The normalized spacial score (nSPS) is 11.2. The van der Waals surface area contributed by atoms with Crippen LogP contribution in [0.15, 0.2) is 78.9 Å². The fraction of sp³-hybridized carbons (Fsp3) is 0.192. The fourth-order valence-corrected chi connectivity index (χ4v) is 3.19. The van der Waals surface area contributed by atoms with Crippen LogP contribution in [-0.4, -0.2) is 24.3 Å². The van der Waals surface area contributed by atoms with Crippen LogP contribution in [0.25, 0.3) is 0 Å². The lowest BCUT2D eigenvalue weighted by atomic mass is 10.1. The van der Waals surface area contributed by atoms with Crippen molar-refractivity contribution in [1.82, 2.24) is 5.32 Å². The van der Waals surface area contributed by atoms with Crippen LogP contribution in [0.3, 0.4) is 0 Å². The van der Waals surface area contributed by atoms with E-state index < -0.39 is 0 Å². The van der Waals surface area contributed by atoms with Gasteiger partial charge in [0.15, 0.2) is 0 Å². The maximum absolute atomic E-state index is 12.6. The van der Waals surface area contributed by atoms with Gasteiger partial charge in [-0.3, -0.25) is 14.4 Å². The molecule has 0 bridgehead atoms. The largest absolute Gasteiger partial charge is 0.376 e. The SMILES string of the molecule is CCC(=O)Nc1cccc(NC(=O)CNc2cccc(C(=O)NC(C)c3ccccc3)c2)c1. The summed E-state index contributed by atoms with van der Waals surface area (Å²) in [7, 11) is 0. The van der Waals surface area contributed by atoms with Crippen LogP contribution in [0.4, 0.5) is 17.1 Å². The zero-order valence-electron chi connectivity index (χ0n) is 18.7. The number of carbonyl (C=O) groups excluding carboxylic acids is 3. The van der Waals surface area contributed by atoms with Crippen molar-refractivity contribution in [3.63, 3.8) is 0 Å². The summed E-state index contributed by atoms with van der Waals surface area (Å²) >= 11 is 0. The molecule has 0 saturated heterocycles. The highest BCUT2D eigenvalue weighted by atomic mass is 16.2. The molecule has 0 fully saturated rings. The molecule has 0 saturated carbocycles. The Hall–Kier alpha value is -4.13. The molecular weight excluding hydrogens is 416 g/mol. The zero-order chi connectivity index (χ0) is 23.6. The minimum absolute atomic E-state index is 0.0248. The van der Waals surface area contributed by atoms with Crippen LogP contribution in [0.1, 0.15) is 42.2 Å². The van der Waals surface area contributed by atoms with Crippen molar-refractivity contribution in [3.8, 4) is 0 Å². The molecule has 1 atom stereocenters. The van der Waals surface area contributed by atoms with Gasteiger partial charge in [-0.2, -0.15) is 0 Å². The molecule has 4 N–H and O–H groups in total. The van der Waals surface area contributed by atoms with Crippen LogP contribution in [-0.2, 0) is 9.59 Å². The summed E-state index contributed by atoms with van der Waals surface area (Å²) in [5.41, 5.74) is 3.39. The Morgan fingerprint density at radius 1 is 0.758 bits per heavy atom. The lowest BCUT2D eigenvalue weighted by Crippen LogP contribution is -2.26. The predicted molar refractivity (Wildman–Crippen MR) is 131 cm³/mol. The van der Waals surface area contributed by atoms with Gasteiger partial charge in [0.1, 0.15) is 0 Å². The standard InChI is InChI=1S/C26H28N4O3/c1-3-24(31)29-22-13-8-14-23(16-22)30-25(32)17-27-21-12-7-11-20(15-21)26(33)28-18(2)19-9-5-4-6-10-19/h4-16,18,27H,3,17H2,1-2H3,(H,28,33)(H,29,31)(H,30,32). The van der Waals surface area contributed by atoms with Crippen LogP contribution >= 0.6 is 0 Å². The second kappa shape index (κ2) is 11.5. The third kappa shape index (κ3) is 7.21. The molecule has 0 spiro atoms. The molecule has 0 aromatic heterocycles. The van der Waals surface area contributed by atoms with Crippen molar-refractivity contribution < 1.29 is 14.4 Å². The van der Waals surface area contributed by atoms with E-state index in [0.717, 1.165) is 5.56 Å². The first kappa shape index (κ1) is 23.5. The van der Waals surface area contributed by atoms with Gasteiger partial charge in [-0.05, 0) is 48.9 Å². The first-order valence-electron chi connectivity index (χ1n) is 10.8. The maximum Gasteiger partial charge on any atom is 0.251 e. The van der Waals surface area contributed by atoms with Gasteiger partial charge in [0.05, 0.1) is 12.6 Å². The lowest BCUT2D eigenvalue weighted by Gasteiger charge is -2.15. The summed E-state index contributed by atoms with van der Waals surface area (Å²) in [4.78, 5) is 36.5. The van der Waals surface area contributed by atoms with Gasteiger partial charge in [-0.1, -0.05) is 49.4 Å². The third-order valence-corrected chi connectivity index (χ3v) is 4.98. The van der Waals surface area contributed by atoms with Gasteiger partial charge in [0.2, 0.25) is 11.8 Å². The second-order valence-electron chi connectivity index (χ2n) is 7.57. The van der Waals surface area contributed by atoms with E-state index >= 15 is 0 Å². The van der Waals surface area contributed by atoms with Crippen LogP contribution in [0, 0.1) is 0 Å². The van der Waals surface area contributed by atoms with Crippen molar-refractivity contribution >= 4 is 34.8 Å².